The molecule has 2 aromatic carbocycles. The van der Waals surface area contributed by atoms with Gasteiger partial charge in [-0.3, -0.25) is 14.5 Å². The molecule has 1 amide bonds. The van der Waals surface area contributed by atoms with Crippen molar-refractivity contribution < 1.29 is 19.1 Å². The predicted molar refractivity (Wildman–Crippen MR) is 109 cm³/mol. The van der Waals surface area contributed by atoms with Gasteiger partial charge < -0.3 is 15.3 Å². The Balaban J connectivity index is 1.41. The van der Waals surface area contributed by atoms with Gasteiger partial charge in [0.15, 0.2) is 17.9 Å². The van der Waals surface area contributed by atoms with Crippen LogP contribution in [0.4, 0.5) is 15.8 Å². The molecule has 0 aromatic heterocycles. The average molecular weight is 397 g/mol. The van der Waals surface area contributed by atoms with Crippen molar-refractivity contribution in [3.05, 3.63) is 53.3 Å². The van der Waals surface area contributed by atoms with Gasteiger partial charge in [0.2, 0.25) is 0 Å². The highest BCUT2D eigenvalue weighted by Crippen LogP contribution is 2.28. The van der Waals surface area contributed by atoms with Crippen molar-refractivity contribution in [1.29, 1.82) is 0 Å². The summed E-state index contributed by atoms with van der Waals surface area (Å²) in [6, 6.07) is 10.4. The third-order valence-electron chi connectivity index (χ3n) is 5.57. The summed E-state index contributed by atoms with van der Waals surface area (Å²) >= 11 is 0. The summed E-state index contributed by atoms with van der Waals surface area (Å²) < 4.78 is 13.7. The fourth-order valence-corrected chi connectivity index (χ4v) is 3.80. The molecule has 1 saturated carbocycles. The molecule has 2 aromatic rings. The molecule has 2 N–H and O–H groups in total. The number of carbonyl (C=O) groups is 2. The molecule has 1 heterocycles. The van der Waals surface area contributed by atoms with Gasteiger partial charge in [-0.2, -0.15) is 0 Å². The molecule has 152 valence electrons. The molecule has 4 rings (SSSR count). The minimum atomic E-state index is -1.00. The number of nitrogens with zero attached hydrogens (tertiary/aromatic N) is 2. The van der Waals surface area contributed by atoms with Crippen LogP contribution in [0.2, 0.25) is 0 Å². The Morgan fingerprint density at radius 1 is 1.10 bits per heavy atom. The number of carbonyl (C=O) groups excluding carboxylic acids is 2. The van der Waals surface area contributed by atoms with Crippen molar-refractivity contribution in [3.63, 3.8) is 0 Å². The monoisotopic (exact) mass is 397 g/mol. The zero-order valence-corrected chi connectivity index (χ0v) is 16.1. The number of nitrogens with one attached hydrogen (secondary N) is 1. The molecular weight excluding hydrogens is 373 g/mol. The second-order valence-electron chi connectivity index (χ2n) is 7.62. The molecule has 2 fully saturated rings. The number of phenolic OH excluding ortho intramolecular Hbond substituents is 1. The molecule has 6 nitrogen and oxygen atoms in total. The number of phenols is 1. The highest BCUT2D eigenvalue weighted by molar-refractivity contribution is 6.05. The minimum absolute atomic E-state index is 0.0286. The number of aromatic hydroxyl groups is 1. The van der Waals surface area contributed by atoms with Gasteiger partial charge in [0.1, 0.15) is 0 Å². The van der Waals surface area contributed by atoms with Gasteiger partial charge in [-0.25, -0.2) is 4.39 Å². The molecule has 0 spiro atoms. The van der Waals surface area contributed by atoms with Crippen molar-refractivity contribution in [2.45, 2.75) is 25.3 Å². The number of aldehydes is 1. The quantitative estimate of drug-likeness (QED) is 0.758. The summed E-state index contributed by atoms with van der Waals surface area (Å²) in [5, 5.41) is 12.2. The third-order valence-corrected chi connectivity index (χ3v) is 5.57. The first kappa shape index (κ1) is 19.4. The summed E-state index contributed by atoms with van der Waals surface area (Å²) in [6.45, 7) is 4.23. The van der Waals surface area contributed by atoms with Crippen molar-refractivity contribution in [2.75, 3.05) is 36.4 Å². The predicted octanol–water partition coefficient (Wildman–Crippen LogP) is 3.27. The van der Waals surface area contributed by atoms with Crippen molar-refractivity contribution in [3.8, 4) is 5.75 Å². The van der Waals surface area contributed by atoms with Gasteiger partial charge in [-0.15, -0.1) is 0 Å². The van der Waals surface area contributed by atoms with Crippen LogP contribution in [0, 0.1) is 5.82 Å². The smallest absolute Gasteiger partial charge is 0.255 e. The zero-order valence-electron chi connectivity index (χ0n) is 16.1. The van der Waals surface area contributed by atoms with E-state index in [-0.39, 0.29) is 11.1 Å². The lowest BCUT2D eigenvalue weighted by Gasteiger charge is -2.24. The van der Waals surface area contributed by atoms with Gasteiger partial charge >= 0.3 is 0 Å². The number of amides is 1. The van der Waals surface area contributed by atoms with E-state index in [9.17, 15) is 19.1 Å². The van der Waals surface area contributed by atoms with E-state index in [1.165, 1.54) is 12.8 Å². The number of hydrogen-bond donors (Lipinski definition) is 2. The maximum absolute atomic E-state index is 13.7. The van der Waals surface area contributed by atoms with Crippen LogP contribution in [0.25, 0.3) is 0 Å². The molecule has 29 heavy (non-hydrogen) atoms. The van der Waals surface area contributed by atoms with Crippen LogP contribution in [-0.4, -0.2) is 54.4 Å². The molecule has 0 radical (unpaired) electrons. The maximum atomic E-state index is 13.7. The van der Waals surface area contributed by atoms with E-state index in [1.54, 1.807) is 0 Å². The summed E-state index contributed by atoms with van der Waals surface area (Å²) in [5.41, 5.74) is 1.40. The lowest BCUT2D eigenvalue weighted by molar-refractivity contribution is 0.102. The zero-order chi connectivity index (χ0) is 20.4. The van der Waals surface area contributed by atoms with Crippen LogP contribution < -0.4 is 10.2 Å². The van der Waals surface area contributed by atoms with Gasteiger partial charge in [-0.05, 0) is 55.7 Å². The fraction of sp³-hybridized carbons (Fsp3) is 0.364. The minimum Gasteiger partial charge on any atom is -0.504 e. The molecular formula is C22H24FN3O3. The van der Waals surface area contributed by atoms with Crippen molar-refractivity contribution in [1.82, 2.24) is 4.90 Å². The number of hydrogen-bond acceptors (Lipinski definition) is 5. The number of rotatable bonds is 5. The topological polar surface area (TPSA) is 72.9 Å². The van der Waals surface area contributed by atoms with Crippen molar-refractivity contribution in [2.24, 2.45) is 0 Å². The standard InChI is InChI=1S/C22H24FN3O3/c23-20-13-15(12-16(14-27)21(20)28)22(29)24-17-2-4-18(5-3-17)25-8-1-9-26(11-10-25)19-6-7-19/h2-5,12-14,19,28H,1,6-11H2,(H,24,29). The first-order valence-electron chi connectivity index (χ1n) is 9.93. The van der Waals surface area contributed by atoms with Crippen LogP contribution in [0.15, 0.2) is 36.4 Å². The van der Waals surface area contributed by atoms with Crippen LogP contribution in [-0.2, 0) is 0 Å². The van der Waals surface area contributed by atoms with E-state index in [1.807, 2.05) is 24.3 Å². The first-order chi connectivity index (χ1) is 14.0. The lowest BCUT2D eigenvalue weighted by Crippen LogP contribution is -2.32. The summed E-state index contributed by atoms with van der Waals surface area (Å²) in [6.07, 6.45) is 4.11. The Hall–Kier alpha value is -2.93. The van der Waals surface area contributed by atoms with E-state index >= 15 is 0 Å². The second kappa shape index (κ2) is 8.21. The Morgan fingerprint density at radius 3 is 2.55 bits per heavy atom. The summed E-state index contributed by atoms with van der Waals surface area (Å²) in [5.74, 6) is -2.30. The average Bonchev–Trinajstić information content (AvgIpc) is 3.57. The summed E-state index contributed by atoms with van der Waals surface area (Å²) in [4.78, 5) is 28.3. The Kier molecular flexibility index (Phi) is 5.49. The van der Waals surface area contributed by atoms with Crippen LogP contribution in [0.5, 0.6) is 5.75 Å². The number of halogens is 1. The molecule has 7 heteroatoms. The molecule has 0 bridgehead atoms. The van der Waals surface area contributed by atoms with Gasteiger partial charge in [0.25, 0.3) is 5.91 Å². The first-order valence-corrected chi connectivity index (χ1v) is 9.93. The SMILES string of the molecule is O=Cc1cc(C(=O)Nc2ccc(N3CCCN(C4CC4)CC3)cc2)cc(F)c1O. The molecule has 2 aliphatic rings. The maximum Gasteiger partial charge on any atom is 0.255 e. The Morgan fingerprint density at radius 2 is 1.86 bits per heavy atom. The molecule has 1 aliphatic heterocycles. The molecule has 1 aliphatic carbocycles. The molecule has 1 saturated heterocycles. The third kappa shape index (κ3) is 4.40. The van der Waals surface area contributed by atoms with E-state index in [4.69, 9.17) is 0 Å². The number of anilines is 2. The Labute approximate surface area is 168 Å². The Bertz CT molecular complexity index is 912. The summed E-state index contributed by atoms with van der Waals surface area (Å²) in [7, 11) is 0. The number of benzene rings is 2. The highest BCUT2D eigenvalue weighted by atomic mass is 19.1. The second-order valence-corrected chi connectivity index (χ2v) is 7.62. The van der Waals surface area contributed by atoms with E-state index in [0.717, 1.165) is 56.5 Å². The normalized spacial score (nSPS) is 17.6. The van der Waals surface area contributed by atoms with Crippen LogP contribution in [0.1, 0.15) is 40.0 Å². The highest BCUT2D eigenvalue weighted by Gasteiger charge is 2.30. The van der Waals surface area contributed by atoms with Gasteiger partial charge in [0, 0.05) is 49.2 Å². The van der Waals surface area contributed by atoms with E-state index in [0.29, 0.717) is 12.0 Å². The lowest BCUT2D eigenvalue weighted by atomic mass is 10.1. The fourth-order valence-electron chi connectivity index (χ4n) is 3.80. The molecule has 0 unspecified atom stereocenters. The van der Waals surface area contributed by atoms with E-state index in [2.05, 4.69) is 15.1 Å². The largest absolute Gasteiger partial charge is 0.504 e. The van der Waals surface area contributed by atoms with Crippen LogP contribution >= 0.6 is 0 Å². The molecule has 0 atom stereocenters. The van der Waals surface area contributed by atoms with Crippen LogP contribution in [0.3, 0.4) is 0 Å². The van der Waals surface area contributed by atoms with E-state index < -0.39 is 17.5 Å². The van der Waals surface area contributed by atoms with Gasteiger partial charge in [0.05, 0.1) is 5.56 Å². The van der Waals surface area contributed by atoms with Crippen molar-refractivity contribution >= 4 is 23.6 Å². The van der Waals surface area contributed by atoms with Gasteiger partial charge in [-0.1, -0.05) is 0 Å².